The monoisotopic (exact) mass is 458 g/mol. The first-order valence-corrected chi connectivity index (χ1v) is 9.85. The molecular formula is C16H35IN4OS. The van der Waals surface area contributed by atoms with E-state index in [9.17, 15) is 4.21 Å². The van der Waals surface area contributed by atoms with Gasteiger partial charge in [-0.05, 0) is 53.6 Å². The van der Waals surface area contributed by atoms with Gasteiger partial charge in [-0.1, -0.05) is 6.92 Å². The lowest BCUT2D eigenvalue weighted by molar-refractivity contribution is 0.273. The van der Waals surface area contributed by atoms with E-state index in [1.165, 1.54) is 19.4 Å². The summed E-state index contributed by atoms with van der Waals surface area (Å²) in [5.74, 6) is 1.50. The molecule has 1 aliphatic heterocycles. The molecule has 1 saturated heterocycles. The maximum Gasteiger partial charge on any atom is 0.191 e. The molecule has 138 valence electrons. The van der Waals surface area contributed by atoms with Gasteiger partial charge in [0.25, 0.3) is 0 Å². The highest BCUT2D eigenvalue weighted by atomic mass is 127. The van der Waals surface area contributed by atoms with Gasteiger partial charge >= 0.3 is 0 Å². The van der Waals surface area contributed by atoms with Gasteiger partial charge in [0, 0.05) is 40.4 Å². The van der Waals surface area contributed by atoms with Crippen LogP contribution in [0.5, 0.6) is 0 Å². The molecule has 1 aliphatic rings. The van der Waals surface area contributed by atoms with Crippen molar-refractivity contribution in [2.45, 2.75) is 58.2 Å². The third-order valence-electron chi connectivity index (χ3n) is 3.97. The predicted molar refractivity (Wildman–Crippen MR) is 112 cm³/mol. The average molecular weight is 458 g/mol. The van der Waals surface area contributed by atoms with Crippen molar-refractivity contribution in [1.29, 1.82) is 0 Å². The van der Waals surface area contributed by atoms with E-state index in [-0.39, 0.29) is 28.7 Å². The third kappa shape index (κ3) is 8.67. The van der Waals surface area contributed by atoms with Gasteiger partial charge in [0.2, 0.25) is 0 Å². The van der Waals surface area contributed by atoms with Crippen LogP contribution in [0.15, 0.2) is 4.99 Å². The Balaban J connectivity index is 0.00000484. The van der Waals surface area contributed by atoms with Crippen LogP contribution in [0.3, 0.4) is 0 Å². The van der Waals surface area contributed by atoms with E-state index >= 15 is 0 Å². The molecule has 0 radical (unpaired) electrons. The second kappa shape index (κ2) is 11.6. The van der Waals surface area contributed by atoms with Gasteiger partial charge < -0.3 is 10.6 Å². The summed E-state index contributed by atoms with van der Waals surface area (Å²) in [6, 6.07) is 0.573. The minimum atomic E-state index is -0.824. The van der Waals surface area contributed by atoms with Crippen LogP contribution >= 0.6 is 24.0 Å². The van der Waals surface area contributed by atoms with Crippen molar-refractivity contribution in [2.75, 3.05) is 38.5 Å². The molecule has 2 unspecified atom stereocenters. The summed E-state index contributed by atoms with van der Waals surface area (Å²) in [5.41, 5.74) is 0. The molecule has 0 aliphatic carbocycles. The molecule has 5 nitrogen and oxygen atoms in total. The summed E-state index contributed by atoms with van der Waals surface area (Å²) < 4.78 is 11.9. The average Bonchev–Trinajstić information content (AvgIpc) is 2.91. The molecule has 0 amide bonds. The standard InChI is InChI=1S/C16H34N4OS.HI/c1-6-17-15(18-10-12-22(21)16(3,4)5)19-13-14-9-8-11-20(14)7-2;/h14H,6-13H2,1-5H3,(H2,17,18,19);1H. The molecule has 0 aromatic rings. The zero-order chi connectivity index (χ0) is 16.6. The number of rotatable bonds is 7. The quantitative estimate of drug-likeness (QED) is 0.349. The second-order valence-electron chi connectivity index (χ2n) is 6.73. The lowest BCUT2D eigenvalue weighted by atomic mass is 10.2. The predicted octanol–water partition coefficient (Wildman–Crippen LogP) is 2.19. The molecular weight excluding hydrogens is 423 g/mol. The first kappa shape index (κ1) is 23.1. The molecule has 0 aromatic heterocycles. The normalized spacial score (nSPS) is 20.9. The SMILES string of the molecule is CCNC(=NCC1CCCN1CC)NCCS(=O)C(C)(C)C.I. The van der Waals surface area contributed by atoms with Crippen LogP contribution < -0.4 is 10.6 Å². The minimum absolute atomic E-state index is 0. The van der Waals surface area contributed by atoms with Crippen LogP contribution in [0.2, 0.25) is 0 Å². The number of hydrogen-bond donors (Lipinski definition) is 2. The maximum atomic E-state index is 12.1. The van der Waals surface area contributed by atoms with Gasteiger partial charge in [-0.25, -0.2) is 0 Å². The fourth-order valence-corrected chi connectivity index (χ4v) is 3.52. The van der Waals surface area contributed by atoms with Gasteiger partial charge in [-0.3, -0.25) is 14.1 Å². The van der Waals surface area contributed by atoms with Crippen molar-refractivity contribution < 1.29 is 4.21 Å². The summed E-state index contributed by atoms with van der Waals surface area (Å²) in [6.45, 7) is 15.0. The first-order chi connectivity index (χ1) is 10.4. The number of nitrogens with zero attached hydrogens (tertiary/aromatic N) is 2. The molecule has 23 heavy (non-hydrogen) atoms. The highest BCUT2D eigenvalue weighted by Gasteiger charge is 2.22. The van der Waals surface area contributed by atoms with Crippen molar-refractivity contribution in [2.24, 2.45) is 4.99 Å². The highest BCUT2D eigenvalue weighted by Crippen LogP contribution is 2.16. The van der Waals surface area contributed by atoms with Crippen LogP contribution in [-0.4, -0.2) is 64.3 Å². The third-order valence-corrected chi connectivity index (χ3v) is 5.91. The molecule has 2 atom stereocenters. The Labute approximate surface area is 161 Å². The summed E-state index contributed by atoms with van der Waals surface area (Å²) in [4.78, 5) is 7.21. The molecule has 7 heteroatoms. The Morgan fingerprint density at radius 3 is 2.57 bits per heavy atom. The summed E-state index contributed by atoms with van der Waals surface area (Å²) in [5, 5.41) is 6.58. The number of guanidine groups is 1. The van der Waals surface area contributed by atoms with Gasteiger partial charge in [0.1, 0.15) is 0 Å². The first-order valence-electron chi connectivity index (χ1n) is 8.53. The van der Waals surface area contributed by atoms with E-state index < -0.39 is 10.8 Å². The van der Waals surface area contributed by atoms with Crippen molar-refractivity contribution in [1.82, 2.24) is 15.5 Å². The summed E-state index contributed by atoms with van der Waals surface area (Å²) in [6.07, 6.45) is 2.52. The number of nitrogens with one attached hydrogen (secondary N) is 2. The van der Waals surface area contributed by atoms with Crippen molar-refractivity contribution in [3.63, 3.8) is 0 Å². The van der Waals surface area contributed by atoms with Gasteiger partial charge in [-0.15, -0.1) is 24.0 Å². The Kier molecular flexibility index (Phi) is 11.7. The summed E-state index contributed by atoms with van der Waals surface area (Å²) >= 11 is 0. The molecule has 2 N–H and O–H groups in total. The molecule has 0 bridgehead atoms. The smallest absolute Gasteiger partial charge is 0.191 e. The lowest BCUT2D eigenvalue weighted by Crippen LogP contribution is -2.41. The molecule has 0 spiro atoms. The maximum absolute atomic E-state index is 12.1. The topological polar surface area (TPSA) is 56.7 Å². The van der Waals surface area contributed by atoms with E-state index in [0.717, 1.165) is 25.6 Å². The minimum Gasteiger partial charge on any atom is -0.357 e. The number of likely N-dealkylation sites (tertiary alicyclic amines) is 1. The van der Waals surface area contributed by atoms with Gasteiger partial charge in [-0.2, -0.15) is 0 Å². The van der Waals surface area contributed by atoms with Crippen LogP contribution in [0, 0.1) is 0 Å². The van der Waals surface area contributed by atoms with Crippen LogP contribution in [0.25, 0.3) is 0 Å². The highest BCUT2D eigenvalue weighted by molar-refractivity contribution is 14.0. The number of halogens is 1. The molecule has 1 fully saturated rings. The van der Waals surface area contributed by atoms with Crippen molar-refractivity contribution >= 4 is 40.7 Å². The number of hydrogen-bond acceptors (Lipinski definition) is 3. The fraction of sp³-hybridized carbons (Fsp3) is 0.938. The zero-order valence-electron chi connectivity index (χ0n) is 15.4. The van der Waals surface area contributed by atoms with E-state index in [2.05, 4.69) is 29.4 Å². The lowest BCUT2D eigenvalue weighted by Gasteiger charge is -2.22. The zero-order valence-corrected chi connectivity index (χ0v) is 18.5. The van der Waals surface area contributed by atoms with E-state index in [0.29, 0.717) is 18.3 Å². The summed E-state index contributed by atoms with van der Waals surface area (Å²) in [7, 11) is -0.824. The fourth-order valence-electron chi connectivity index (χ4n) is 2.62. The van der Waals surface area contributed by atoms with Crippen LogP contribution in [0.4, 0.5) is 0 Å². The number of aliphatic imine (C=N–C) groups is 1. The van der Waals surface area contributed by atoms with Crippen LogP contribution in [-0.2, 0) is 10.8 Å². The van der Waals surface area contributed by atoms with Crippen molar-refractivity contribution in [3.8, 4) is 0 Å². The van der Waals surface area contributed by atoms with Gasteiger partial charge in [0.15, 0.2) is 5.96 Å². The molecule has 0 aromatic carbocycles. The number of likely N-dealkylation sites (N-methyl/N-ethyl adjacent to an activating group) is 1. The Morgan fingerprint density at radius 2 is 2.00 bits per heavy atom. The second-order valence-corrected chi connectivity index (χ2v) is 9.06. The van der Waals surface area contributed by atoms with E-state index in [1.807, 2.05) is 20.8 Å². The molecule has 0 saturated carbocycles. The van der Waals surface area contributed by atoms with E-state index in [1.54, 1.807) is 0 Å². The van der Waals surface area contributed by atoms with Gasteiger partial charge in [0.05, 0.1) is 6.54 Å². The largest absolute Gasteiger partial charge is 0.357 e. The molecule has 1 rings (SSSR count). The Hall–Kier alpha value is 0.110. The van der Waals surface area contributed by atoms with Crippen molar-refractivity contribution in [3.05, 3.63) is 0 Å². The Morgan fingerprint density at radius 1 is 1.30 bits per heavy atom. The molecule has 1 heterocycles. The van der Waals surface area contributed by atoms with E-state index in [4.69, 9.17) is 4.99 Å². The van der Waals surface area contributed by atoms with Crippen LogP contribution in [0.1, 0.15) is 47.5 Å². The Bertz CT molecular complexity index is 385.